The number of carbonyl (C=O) groups excluding carboxylic acids is 2. The summed E-state index contributed by atoms with van der Waals surface area (Å²) >= 11 is 0. The van der Waals surface area contributed by atoms with Gasteiger partial charge in [-0.25, -0.2) is 14.3 Å². The Morgan fingerprint density at radius 2 is 1.33 bits per heavy atom. The predicted molar refractivity (Wildman–Crippen MR) is 185 cm³/mol. The third-order valence-corrected chi connectivity index (χ3v) is 8.34. The van der Waals surface area contributed by atoms with Crippen molar-refractivity contribution < 1.29 is 57.1 Å². The van der Waals surface area contributed by atoms with Crippen molar-refractivity contribution in [1.82, 2.24) is 4.90 Å². The first-order chi connectivity index (χ1) is 23.0. The quantitative estimate of drug-likeness (QED) is 0.0701. The maximum Gasteiger partial charge on any atom is 0.417 e. The van der Waals surface area contributed by atoms with Gasteiger partial charge in [-0.1, -0.05) is 102 Å². The minimum absolute atomic E-state index is 0. The molecule has 1 aromatic heterocycles. The number of amides is 2. The van der Waals surface area contributed by atoms with Gasteiger partial charge in [0.15, 0.2) is 17.7 Å². The highest BCUT2D eigenvalue weighted by Crippen LogP contribution is 2.29. The van der Waals surface area contributed by atoms with Crippen molar-refractivity contribution in [1.29, 1.82) is 0 Å². The molecule has 2 amide bonds. The molecule has 264 valence electrons. The van der Waals surface area contributed by atoms with Gasteiger partial charge in [0, 0.05) is 12.1 Å². The van der Waals surface area contributed by atoms with Gasteiger partial charge in [0.1, 0.15) is 25.4 Å². The van der Waals surface area contributed by atoms with Gasteiger partial charge >= 0.3 is 6.09 Å². The SMILES string of the molecule is CCCCCCCCCCCCCCOc1ccc(COC(=O)N(Cc2cccc[n+]2CC)C(=O)c2ccccc2OC)cc1OC.[I-]. The van der Waals surface area contributed by atoms with Crippen LogP contribution >= 0.6 is 0 Å². The van der Waals surface area contributed by atoms with Crippen molar-refractivity contribution in [3.8, 4) is 17.2 Å². The van der Waals surface area contributed by atoms with E-state index in [1.54, 1.807) is 37.4 Å². The zero-order valence-corrected chi connectivity index (χ0v) is 31.5. The molecule has 0 spiro atoms. The fourth-order valence-electron chi connectivity index (χ4n) is 5.58. The van der Waals surface area contributed by atoms with Crippen molar-refractivity contribution >= 4 is 12.0 Å². The molecule has 3 aromatic rings. The van der Waals surface area contributed by atoms with E-state index in [-0.39, 0.29) is 42.7 Å². The molecule has 48 heavy (non-hydrogen) atoms. The van der Waals surface area contributed by atoms with Crippen LogP contribution in [-0.2, 0) is 24.4 Å². The van der Waals surface area contributed by atoms with E-state index in [1.165, 1.54) is 71.3 Å². The summed E-state index contributed by atoms with van der Waals surface area (Å²) in [7, 11) is 3.09. The molecule has 8 nitrogen and oxygen atoms in total. The second-order valence-electron chi connectivity index (χ2n) is 11.8. The lowest BCUT2D eigenvalue weighted by molar-refractivity contribution is -0.701. The molecule has 0 unspecified atom stereocenters. The summed E-state index contributed by atoms with van der Waals surface area (Å²) in [5.74, 6) is 1.12. The number of aryl methyl sites for hydroxylation is 1. The number of halogens is 1. The zero-order valence-electron chi connectivity index (χ0n) is 29.4. The number of hydrogen-bond donors (Lipinski definition) is 0. The third-order valence-electron chi connectivity index (χ3n) is 8.34. The Morgan fingerprint density at radius 1 is 0.708 bits per heavy atom. The Hall–Kier alpha value is -3.34. The summed E-state index contributed by atoms with van der Waals surface area (Å²) in [4.78, 5) is 28.3. The van der Waals surface area contributed by atoms with E-state index < -0.39 is 12.0 Å². The molecule has 1 heterocycles. The van der Waals surface area contributed by atoms with E-state index in [1.807, 2.05) is 48.0 Å². The number of pyridine rings is 1. The first-order valence-electron chi connectivity index (χ1n) is 17.4. The van der Waals surface area contributed by atoms with E-state index in [0.29, 0.717) is 30.4 Å². The number of carbonyl (C=O) groups is 2. The third kappa shape index (κ3) is 13.6. The summed E-state index contributed by atoms with van der Waals surface area (Å²) in [6.07, 6.45) is 16.7. The molecule has 0 aliphatic carbocycles. The smallest absolute Gasteiger partial charge is 0.417 e. The Balaban J connectivity index is 0.00000800. The number of ether oxygens (including phenoxy) is 4. The van der Waals surface area contributed by atoms with Crippen LogP contribution in [0.2, 0.25) is 0 Å². The minimum atomic E-state index is -0.751. The zero-order chi connectivity index (χ0) is 33.7. The highest BCUT2D eigenvalue weighted by molar-refractivity contribution is 6.04. The maximum absolute atomic E-state index is 13.7. The normalized spacial score (nSPS) is 10.6. The molecule has 0 saturated heterocycles. The van der Waals surface area contributed by atoms with E-state index >= 15 is 0 Å². The molecule has 3 rings (SSSR count). The van der Waals surface area contributed by atoms with E-state index in [2.05, 4.69) is 6.92 Å². The molecule has 0 atom stereocenters. The van der Waals surface area contributed by atoms with Gasteiger partial charge < -0.3 is 42.9 Å². The van der Waals surface area contributed by atoms with Crippen molar-refractivity contribution in [3.05, 3.63) is 83.7 Å². The van der Waals surface area contributed by atoms with Gasteiger partial charge in [0.05, 0.1) is 26.4 Å². The fourth-order valence-corrected chi connectivity index (χ4v) is 5.58. The number of aromatic nitrogens is 1. The van der Waals surface area contributed by atoms with Crippen LogP contribution in [0.25, 0.3) is 0 Å². The van der Waals surface area contributed by atoms with Gasteiger partial charge in [0.25, 0.3) is 5.91 Å². The molecule has 0 bridgehead atoms. The van der Waals surface area contributed by atoms with E-state index in [4.69, 9.17) is 18.9 Å². The molecule has 0 aliphatic heterocycles. The maximum atomic E-state index is 13.7. The average Bonchev–Trinajstić information content (AvgIpc) is 3.11. The lowest BCUT2D eigenvalue weighted by Crippen LogP contribution is -3.00. The van der Waals surface area contributed by atoms with Crippen LogP contribution in [0.1, 0.15) is 113 Å². The summed E-state index contributed by atoms with van der Waals surface area (Å²) in [6, 6.07) is 18.0. The van der Waals surface area contributed by atoms with Gasteiger partial charge in [-0.2, -0.15) is 0 Å². The highest BCUT2D eigenvalue weighted by Gasteiger charge is 2.29. The Bertz CT molecular complexity index is 1370. The van der Waals surface area contributed by atoms with E-state index in [9.17, 15) is 9.59 Å². The molecule has 0 fully saturated rings. The Kier molecular flexibility index (Phi) is 20.3. The van der Waals surface area contributed by atoms with Crippen LogP contribution in [0.4, 0.5) is 4.79 Å². The molecule has 0 saturated carbocycles. The largest absolute Gasteiger partial charge is 1.00 e. The summed E-state index contributed by atoms with van der Waals surface area (Å²) < 4.78 is 24.7. The number of methoxy groups -OCH3 is 2. The second-order valence-corrected chi connectivity index (χ2v) is 11.8. The fraction of sp³-hybridized carbons (Fsp3) is 0.513. The lowest BCUT2D eigenvalue weighted by atomic mass is 10.1. The molecule has 0 N–H and O–H groups in total. The number of benzene rings is 2. The monoisotopic (exact) mass is 774 g/mol. The van der Waals surface area contributed by atoms with E-state index in [0.717, 1.165) is 29.0 Å². The Labute approximate surface area is 305 Å². The summed E-state index contributed by atoms with van der Waals surface area (Å²) in [6.45, 7) is 5.59. The Morgan fingerprint density at radius 3 is 1.98 bits per heavy atom. The number of hydrogen-bond acceptors (Lipinski definition) is 6. The first kappa shape index (κ1) is 40.8. The summed E-state index contributed by atoms with van der Waals surface area (Å²) in [5, 5.41) is 0. The number of para-hydroxylation sites is 1. The molecule has 2 aromatic carbocycles. The van der Waals surface area contributed by atoms with Crippen molar-refractivity contribution in [2.45, 2.75) is 111 Å². The lowest BCUT2D eigenvalue weighted by Gasteiger charge is -2.21. The number of unbranched alkanes of at least 4 members (excludes halogenated alkanes) is 11. The minimum Gasteiger partial charge on any atom is -1.00 e. The number of rotatable bonds is 22. The van der Waals surface area contributed by atoms with Crippen molar-refractivity contribution in [2.75, 3.05) is 20.8 Å². The van der Waals surface area contributed by atoms with Crippen LogP contribution < -0.4 is 42.8 Å². The molecule has 9 heteroatoms. The first-order valence-corrected chi connectivity index (χ1v) is 17.4. The van der Waals surface area contributed by atoms with Crippen LogP contribution in [0, 0.1) is 0 Å². The molecule has 0 radical (unpaired) electrons. The second kappa shape index (κ2) is 23.9. The number of imide groups is 1. The topological polar surface area (TPSA) is 78.2 Å². The van der Waals surface area contributed by atoms with Gasteiger partial charge in [-0.15, -0.1) is 0 Å². The highest BCUT2D eigenvalue weighted by atomic mass is 127. The average molecular weight is 775 g/mol. The standard InChI is InChI=1S/C39H55N2O6.HI/c1-5-7-8-9-10-11-12-13-14-15-16-21-28-46-36-26-25-32(29-37(36)45-4)31-47-39(43)41(30-33-22-19-20-27-40(33)6-2)38(42)34-23-17-18-24-35(34)44-3;/h17-20,22-27,29H,5-16,21,28,30-31H2,1-4H3;1H/q+1;/p-1. The van der Waals surface area contributed by atoms with Crippen LogP contribution in [0.3, 0.4) is 0 Å². The van der Waals surface area contributed by atoms with Crippen molar-refractivity contribution in [2.24, 2.45) is 0 Å². The van der Waals surface area contributed by atoms with Crippen LogP contribution in [-0.4, -0.2) is 37.7 Å². The van der Waals surface area contributed by atoms with Crippen LogP contribution in [0.15, 0.2) is 66.9 Å². The van der Waals surface area contributed by atoms with Gasteiger partial charge in [-0.05, 0) is 43.2 Å². The van der Waals surface area contributed by atoms with Crippen molar-refractivity contribution in [3.63, 3.8) is 0 Å². The number of nitrogens with zero attached hydrogens (tertiary/aromatic N) is 2. The van der Waals surface area contributed by atoms with Gasteiger partial charge in [0.2, 0.25) is 5.69 Å². The molecular formula is C39H55IN2O6. The van der Waals surface area contributed by atoms with Crippen LogP contribution in [0.5, 0.6) is 17.2 Å². The van der Waals surface area contributed by atoms with Gasteiger partial charge in [-0.3, -0.25) is 4.79 Å². The summed E-state index contributed by atoms with van der Waals surface area (Å²) in [5.41, 5.74) is 1.80. The molecular weight excluding hydrogens is 719 g/mol. The molecule has 0 aliphatic rings. The predicted octanol–water partition coefficient (Wildman–Crippen LogP) is 6.07.